The maximum atomic E-state index is 10.9. The van der Waals surface area contributed by atoms with Gasteiger partial charge in [-0.1, -0.05) is 0 Å². The number of guanidine groups is 1. The fraction of sp³-hybridized carbons (Fsp3) is 0.636. The Balaban J connectivity index is 2.42. The Kier molecular flexibility index (Phi) is 6.37. The van der Waals surface area contributed by atoms with Gasteiger partial charge in [0, 0.05) is 32.6 Å². The number of nitrogens with zero attached hydrogens (tertiary/aromatic N) is 3. The summed E-state index contributed by atoms with van der Waals surface area (Å²) < 4.78 is 24.3. The fourth-order valence-corrected chi connectivity index (χ4v) is 2.67. The molecule has 0 aliphatic carbocycles. The van der Waals surface area contributed by atoms with Crippen LogP contribution in [-0.2, 0) is 16.6 Å². The van der Waals surface area contributed by atoms with E-state index in [9.17, 15) is 8.42 Å². The molecule has 7 nitrogen and oxygen atoms in total. The Morgan fingerprint density at radius 1 is 1.50 bits per heavy atom. The number of sulfonamides is 1. The summed E-state index contributed by atoms with van der Waals surface area (Å²) >= 11 is 1.62. The van der Waals surface area contributed by atoms with Crippen molar-refractivity contribution in [2.24, 2.45) is 4.99 Å². The number of nitrogens with one attached hydrogen (secondary N) is 2. The monoisotopic (exact) mass is 319 g/mol. The zero-order chi connectivity index (χ0) is 15.2. The predicted molar refractivity (Wildman–Crippen MR) is 82.5 cm³/mol. The summed E-state index contributed by atoms with van der Waals surface area (Å²) in [6.45, 7) is 3.42. The van der Waals surface area contributed by atoms with Crippen LogP contribution in [0, 0.1) is 6.92 Å². The molecule has 0 saturated heterocycles. The molecule has 0 atom stereocenters. The molecule has 1 aromatic rings. The third kappa shape index (κ3) is 6.31. The minimum atomic E-state index is -3.15. The Labute approximate surface area is 124 Å². The molecule has 0 bridgehead atoms. The molecule has 1 heterocycles. The molecule has 1 aromatic heterocycles. The van der Waals surface area contributed by atoms with Crippen molar-refractivity contribution in [3.8, 4) is 0 Å². The van der Waals surface area contributed by atoms with E-state index in [2.05, 4.69) is 20.0 Å². The summed E-state index contributed by atoms with van der Waals surface area (Å²) in [7, 11) is 0.453. The summed E-state index contributed by atoms with van der Waals surface area (Å²) in [6.07, 6.45) is 1.14. The molecular weight excluding hydrogens is 298 g/mol. The molecule has 0 unspecified atom stereocenters. The minimum Gasteiger partial charge on any atom is -0.355 e. The largest absolute Gasteiger partial charge is 0.355 e. The molecule has 0 fully saturated rings. The molecule has 9 heteroatoms. The quantitative estimate of drug-likeness (QED) is 0.438. The lowest BCUT2D eigenvalue weighted by Crippen LogP contribution is -2.42. The third-order valence-corrected chi connectivity index (χ3v) is 3.96. The number of hydrogen-bond donors (Lipinski definition) is 2. The molecule has 1 rings (SSSR count). The van der Waals surface area contributed by atoms with E-state index in [0.29, 0.717) is 25.6 Å². The third-order valence-electron chi connectivity index (χ3n) is 2.41. The second kappa shape index (κ2) is 7.55. The standard InChI is InChI=1S/C11H21N5O2S2/c1-9-15-10(8-19-9)7-16(3)11(12-2)13-5-6-14-20(4,17)18/h8,14H,5-7H2,1-4H3,(H,12,13). The van der Waals surface area contributed by atoms with Gasteiger partial charge in [-0.3, -0.25) is 4.99 Å². The second-order valence-electron chi connectivity index (χ2n) is 4.35. The van der Waals surface area contributed by atoms with Crippen molar-refractivity contribution < 1.29 is 8.42 Å². The molecule has 0 aliphatic rings. The van der Waals surface area contributed by atoms with Crippen molar-refractivity contribution in [1.29, 1.82) is 0 Å². The lowest BCUT2D eigenvalue weighted by Gasteiger charge is -2.21. The highest BCUT2D eigenvalue weighted by molar-refractivity contribution is 7.88. The maximum Gasteiger partial charge on any atom is 0.208 e. The smallest absolute Gasteiger partial charge is 0.208 e. The SMILES string of the molecule is CN=C(NCCNS(C)(=O)=O)N(C)Cc1csc(C)n1. The van der Waals surface area contributed by atoms with Crippen LogP contribution in [0.4, 0.5) is 0 Å². The minimum absolute atomic E-state index is 0.321. The van der Waals surface area contributed by atoms with Crippen molar-refractivity contribution in [3.05, 3.63) is 16.1 Å². The lowest BCUT2D eigenvalue weighted by atomic mass is 10.4. The van der Waals surface area contributed by atoms with Crippen LogP contribution in [0.1, 0.15) is 10.7 Å². The van der Waals surface area contributed by atoms with Crippen LogP contribution in [0.2, 0.25) is 0 Å². The van der Waals surface area contributed by atoms with Gasteiger partial charge in [0.05, 0.1) is 23.5 Å². The molecule has 0 amide bonds. The molecule has 2 N–H and O–H groups in total. The van der Waals surface area contributed by atoms with E-state index in [-0.39, 0.29) is 0 Å². The lowest BCUT2D eigenvalue weighted by molar-refractivity contribution is 0.471. The highest BCUT2D eigenvalue weighted by atomic mass is 32.2. The highest BCUT2D eigenvalue weighted by Crippen LogP contribution is 2.09. The van der Waals surface area contributed by atoms with E-state index in [1.165, 1.54) is 0 Å². The first kappa shape index (κ1) is 16.9. The van der Waals surface area contributed by atoms with Gasteiger partial charge < -0.3 is 10.2 Å². The van der Waals surface area contributed by atoms with E-state index in [4.69, 9.17) is 0 Å². The highest BCUT2D eigenvalue weighted by Gasteiger charge is 2.08. The Hall–Kier alpha value is -1.19. The average molecular weight is 319 g/mol. The van der Waals surface area contributed by atoms with Gasteiger partial charge in [0.1, 0.15) is 0 Å². The fourth-order valence-electron chi connectivity index (χ4n) is 1.59. The van der Waals surface area contributed by atoms with Gasteiger partial charge in [-0.15, -0.1) is 11.3 Å². The summed E-state index contributed by atoms with van der Waals surface area (Å²) in [5.41, 5.74) is 0.993. The first-order valence-corrected chi connectivity index (χ1v) is 8.86. The molecule has 0 saturated carbocycles. The number of thiazole rings is 1. The van der Waals surface area contributed by atoms with Crippen LogP contribution in [0.25, 0.3) is 0 Å². The van der Waals surface area contributed by atoms with Crippen LogP contribution in [0.5, 0.6) is 0 Å². The molecule has 114 valence electrons. The van der Waals surface area contributed by atoms with E-state index in [1.807, 2.05) is 24.3 Å². The number of aromatic nitrogens is 1. The van der Waals surface area contributed by atoms with Crippen LogP contribution in [0.3, 0.4) is 0 Å². The summed E-state index contributed by atoms with van der Waals surface area (Å²) in [4.78, 5) is 10.5. The Morgan fingerprint density at radius 2 is 2.20 bits per heavy atom. The zero-order valence-electron chi connectivity index (χ0n) is 12.2. The molecule has 0 aliphatic heterocycles. The molecule has 0 aromatic carbocycles. The van der Waals surface area contributed by atoms with Crippen LogP contribution in [-0.4, -0.2) is 57.7 Å². The van der Waals surface area contributed by atoms with Crippen molar-refractivity contribution >= 4 is 27.3 Å². The van der Waals surface area contributed by atoms with E-state index >= 15 is 0 Å². The first-order chi connectivity index (χ1) is 9.31. The first-order valence-electron chi connectivity index (χ1n) is 6.09. The average Bonchev–Trinajstić information content (AvgIpc) is 2.73. The Morgan fingerprint density at radius 3 is 2.70 bits per heavy atom. The van der Waals surface area contributed by atoms with Crippen molar-refractivity contribution in [2.75, 3.05) is 33.4 Å². The normalized spacial score (nSPS) is 12.5. The maximum absolute atomic E-state index is 10.9. The van der Waals surface area contributed by atoms with Crippen LogP contribution < -0.4 is 10.0 Å². The molecule has 20 heavy (non-hydrogen) atoms. The van der Waals surface area contributed by atoms with Crippen LogP contribution in [0.15, 0.2) is 10.4 Å². The number of rotatable bonds is 6. The zero-order valence-corrected chi connectivity index (χ0v) is 13.8. The number of aliphatic imine (C=N–C) groups is 1. The predicted octanol–water partition coefficient (Wildman–Crippen LogP) is 0.00792. The van der Waals surface area contributed by atoms with E-state index < -0.39 is 10.0 Å². The Bertz CT molecular complexity index is 553. The van der Waals surface area contributed by atoms with Gasteiger partial charge >= 0.3 is 0 Å². The molecule has 0 spiro atoms. The van der Waals surface area contributed by atoms with Gasteiger partial charge in [0.2, 0.25) is 10.0 Å². The number of hydrogen-bond acceptors (Lipinski definition) is 5. The van der Waals surface area contributed by atoms with Gasteiger partial charge in [-0.25, -0.2) is 18.1 Å². The molecule has 0 radical (unpaired) electrons. The van der Waals surface area contributed by atoms with Gasteiger partial charge in [-0.2, -0.15) is 0 Å². The second-order valence-corrected chi connectivity index (χ2v) is 7.25. The van der Waals surface area contributed by atoms with E-state index in [1.54, 1.807) is 18.4 Å². The van der Waals surface area contributed by atoms with Crippen molar-refractivity contribution in [1.82, 2.24) is 19.9 Å². The summed E-state index contributed by atoms with van der Waals surface area (Å²) in [5, 5.41) is 6.15. The molecular formula is C11H21N5O2S2. The van der Waals surface area contributed by atoms with Crippen LogP contribution >= 0.6 is 11.3 Å². The van der Waals surface area contributed by atoms with Gasteiger partial charge in [0.15, 0.2) is 5.96 Å². The van der Waals surface area contributed by atoms with Crippen molar-refractivity contribution in [3.63, 3.8) is 0 Å². The van der Waals surface area contributed by atoms with Gasteiger partial charge in [-0.05, 0) is 6.92 Å². The van der Waals surface area contributed by atoms with E-state index in [0.717, 1.165) is 17.0 Å². The topological polar surface area (TPSA) is 86.7 Å². The summed E-state index contributed by atoms with van der Waals surface area (Å²) in [6, 6.07) is 0. The number of aryl methyl sites for hydroxylation is 1. The summed E-state index contributed by atoms with van der Waals surface area (Å²) in [5.74, 6) is 0.700. The van der Waals surface area contributed by atoms with Gasteiger partial charge in [0.25, 0.3) is 0 Å². The van der Waals surface area contributed by atoms with Crippen molar-refractivity contribution in [2.45, 2.75) is 13.5 Å².